The van der Waals surface area contributed by atoms with Crippen molar-refractivity contribution in [2.75, 3.05) is 35.3 Å². The summed E-state index contributed by atoms with van der Waals surface area (Å²) in [5, 5.41) is 5.50. The lowest BCUT2D eigenvalue weighted by molar-refractivity contribution is 0.310. The summed E-state index contributed by atoms with van der Waals surface area (Å²) in [6, 6.07) is 0. The van der Waals surface area contributed by atoms with Crippen LogP contribution >= 0.6 is 8.60 Å². The molecule has 0 spiro atoms. The third kappa shape index (κ3) is 139. The van der Waals surface area contributed by atoms with Gasteiger partial charge in [0.05, 0.1) is 0 Å². The van der Waals surface area contributed by atoms with Gasteiger partial charge in [0, 0.05) is 7.11 Å². The van der Waals surface area contributed by atoms with Gasteiger partial charge in [0.1, 0.15) is 0 Å². The Labute approximate surface area is 69.8 Å². The number of nitrogens with one attached hydrogen (secondary N) is 2. The van der Waals surface area contributed by atoms with Gasteiger partial charge in [0.25, 0.3) is 0 Å². The lowest BCUT2D eigenvalue weighted by atomic mass is 11.3. The summed E-state index contributed by atoms with van der Waals surface area (Å²) in [4.78, 5) is 15.5. The van der Waals surface area contributed by atoms with Crippen molar-refractivity contribution in [1.29, 1.82) is 0 Å². The molecule has 0 radical (unpaired) electrons. The first-order valence-electron chi connectivity index (χ1n) is 2.99. The van der Waals surface area contributed by atoms with E-state index < -0.39 is 8.60 Å². The molecule has 0 saturated heterocycles. The van der Waals surface area contributed by atoms with E-state index in [-0.39, 0.29) is 0 Å². The zero-order valence-electron chi connectivity index (χ0n) is 7.75. The first-order chi connectivity index (χ1) is 5.10. The van der Waals surface area contributed by atoms with Crippen molar-refractivity contribution in [2.24, 2.45) is 0 Å². The molecular weight excluding hydrogens is 167 g/mol. The highest BCUT2D eigenvalue weighted by atomic mass is 31.2. The molecule has 0 aliphatic carbocycles. The van der Waals surface area contributed by atoms with Crippen LogP contribution in [0, 0.1) is 0 Å². The predicted octanol–water partition coefficient (Wildman–Crippen LogP) is -0.485. The first-order valence-corrected chi connectivity index (χ1v) is 4.16. The molecule has 0 heterocycles. The topological polar surface area (TPSA) is 73.8 Å². The highest BCUT2D eigenvalue weighted by molar-refractivity contribution is 7.39. The second-order valence-corrected chi connectivity index (χ2v) is 2.31. The second kappa shape index (κ2) is 22.5. The summed E-state index contributed by atoms with van der Waals surface area (Å²) in [6.07, 6.45) is 0. The summed E-state index contributed by atoms with van der Waals surface area (Å²) in [6.45, 7) is 0. The van der Waals surface area contributed by atoms with E-state index in [2.05, 4.69) is 15.2 Å². The van der Waals surface area contributed by atoms with Crippen molar-refractivity contribution >= 4 is 8.60 Å². The standard InChI is InChI=1S/2C2H7N.CH5O3P/c2*1-3-2;1-4-5(2)3/h2*3H,1-2H3;2-3H,1H3. The summed E-state index contributed by atoms with van der Waals surface area (Å²) >= 11 is 0. The fourth-order valence-corrected chi connectivity index (χ4v) is 0. The molecule has 0 fully saturated rings. The Bertz CT molecular complexity index is 46.7. The molecule has 0 unspecified atom stereocenters. The minimum atomic E-state index is -2.10. The third-order valence-electron chi connectivity index (χ3n) is 0.163. The fourth-order valence-electron chi connectivity index (χ4n) is 0. The quantitative estimate of drug-likeness (QED) is 0.416. The molecule has 0 aromatic carbocycles. The maximum Gasteiger partial charge on any atom is 0.326 e. The Kier molecular flexibility index (Phi) is 35.4. The van der Waals surface area contributed by atoms with Crippen LogP contribution in [0.25, 0.3) is 0 Å². The summed E-state index contributed by atoms with van der Waals surface area (Å²) in [5.41, 5.74) is 0. The van der Waals surface area contributed by atoms with Gasteiger partial charge in [-0.1, -0.05) is 0 Å². The van der Waals surface area contributed by atoms with E-state index in [1.54, 1.807) is 0 Å². The SMILES string of the molecule is CNC.CNC.COP(O)O. The van der Waals surface area contributed by atoms with Gasteiger partial charge in [-0.25, -0.2) is 0 Å². The molecule has 0 aliphatic heterocycles. The van der Waals surface area contributed by atoms with E-state index in [9.17, 15) is 0 Å². The number of hydrogen-bond acceptors (Lipinski definition) is 5. The molecule has 0 saturated carbocycles. The Morgan fingerprint density at radius 1 is 1.00 bits per heavy atom. The summed E-state index contributed by atoms with van der Waals surface area (Å²) < 4.78 is 3.93. The van der Waals surface area contributed by atoms with Gasteiger partial charge in [-0.15, -0.1) is 0 Å². The van der Waals surface area contributed by atoms with Crippen LogP contribution in [-0.2, 0) is 4.52 Å². The minimum absolute atomic E-state index is 1.23. The van der Waals surface area contributed by atoms with Crippen LogP contribution in [0.4, 0.5) is 0 Å². The first kappa shape index (κ1) is 17.4. The molecule has 6 heteroatoms. The molecular formula is C5H19N2O3P. The average molecular weight is 186 g/mol. The smallest absolute Gasteiger partial charge is 0.326 e. The van der Waals surface area contributed by atoms with Crippen molar-refractivity contribution < 1.29 is 14.3 Å². The molecule has 0 bridgehead atoms. The molecule has 0 aromatic rings. The molecule has 0 atom stereocenters. The normalized spacial score (nSPS) is 7.64. The van der Waals surface area contributed by atoms with Crippen LogP contribution in [0.3, 0.4) is 0 Å². The van der Waals surface area contributed by atoms with E-state index in [0.717, 1.165) is 0 Å². The lowest BCUT2D eigenvalue weighted by Gasteiger charge is -1.89. The molecule has 0 rings (SSSR count). The van der Waals surface area contributed by atoms with Gasteiger partial charge in [-0.2, -0.15) is 0 Å². The Morgan fingerprint density at radius 2 is 1.09 bits per heavy atom. The van der Waals surface area contributed by atoms with Gasteiger partial charge >= 0.3 is 8.60 Å². The molecule has 0 aliphatic rings. The molecule has 4 N–H and O–H groups in total. The third-order valence-corrected chi connectivity index (χ3v) is 0.490. The van der Waals surface area contributed by atoms with E-state index in [1.807, 2.05) is 28.2 Å². The summed E-state index contributed by atoms with van der Waals surface area (Å²) in [7, 11) is 6.63. The molecule has 72 valence electrons. The van der Waals surface area contributed by atoms with Gasteiger partial charge < -0.3 is 24.9 Å². The molecule has 0 aromatic heterocycles. The molecule has 11 heavy (non-hydrogen) atoms. The fraction of sp³-hybridized carbons (Fsp3) is 1.00. The Morgan fingerprint density at radius 3 is 1.09 bits per heavy atom. The zero-order valence-corrected chi connectivity index (χ0v) is 8.64. The maximum atomic E-state index is 7.76. The van der Waals surface area contributed by atoms with E-state index in [0.29, 0.717) is 0 Å². The summed E-state index contributed by atoms with van der Waals surface area (Å²) in [5.74, 6) is 0. The van der Waals surface area contributed by atoms with Crippen molar-refractivity contribution in [2.45, 2.75) is 0 Å². The molecule has 5 nitrogen and oxygen atoms in total. The predicted molar refractivity (Wildman–Crippen MR) is 48.3 cm³/mol. The van der Waals surface area contributed by atoms with Crippen molar-refractivity contribution in [3.05, 3.63) is 0 Å². The van der Waals surface area contributed by atoms with Crippen LogP contribution in [0.5, 0.6) is 0 Å². The Hall–Kier alpha value is 0.230. The monoisotopic (exact) mass is 186 g/mol. The number of hydrogen-bond donors (Lipinski definition) is 4. The minimum Gasteiger partial charge on any atom is -0.328 e. The Balaban J connectivity index is -0.0000000933. The molecule has 0 amide bonds. The number of rotatable bonds is 1. The highest BCUT2D eigenvalue weighted by Gasteiger charge is 1.86. The maximum absolute atomic E-state index is 7.76. The zero-order chi connectivity index (χ0) is 9.70. The van der Waals surface area contributed by atoms with Crippen LogP contribution in [0.15, 0.2) is 0 Å². The largest absolute Gasteiger partial charge is 0.328 e. The van der Waals surface area contributed by atoms with Gasteiger partial charge in [0.15, 0.2) is 0 Å². The van der Waals surface area contributed by atoms with Gasteiger partial charge in [-0.05, 0) is 28.2 Å². The van der Waals surface area contributed by atoms with Crippen LogP contribution in [-0.4, -0.2) is 45.1 Å². The van der Waals surface area contributed by atoms with Crippen LogP contribution < -0.4 is 10.6 Å². The van der Waals surface area contributed by atoms with Gasteiger partial charge in [-0.3, -0.25) is 0 Å². The van der Waals surface area contributed by atoms with E-state index >= 15 is 0 Å². The average Bonchev–Trinajstić information content (AvgIpc) is 1.91. The van der Waals surface area contributed by atoms with Crippen LogP contribution in [0.2, 0.25) is 0 Å². The van der Waals surface area contributed by atoms with Crippen LogP contribution in [0.1, 0.15) is 0 Å². The lowest BCUT2D eigenvalue weighted by Crippen LogP contribution is -1.89. The van der Waals surface area contributed by atoms with Gasteiger partial charge in [0.2, 0.25) is 0 Å². The van der Waals surface area contributed by atoms with Crippen molar-refractivity contribution in [3.63, 3.8) is 0 Å². The van der Waals surface area contributed by atoms with E-state index in [4.69, 9.17) is 9.79 Å². The second-order valence-electron chi connectivity index (χ2n) is 1.44. The van der Waals surface area contributed by atoms with Crippen molar-refractivity contribution in [3.8, 4) is 0 Å². The highest BCUT2D eigenvalue weighted by Crippen LogP contribution is 2.20. The van der Waals surface area contributed by atoms with Crippen molar-refractivity contribution in [1.82, 2.24) is 10.6 Å². The van der Waals surface area contributed by atoms with E-state index in [1.165, 1.54) is 7.11 Å².